The van der Waals surface area contributed by atoms with Crippen LogP contribution in [0.4, 0.5) is 11.5 Å². The van der Waals surface area contributed by atoms with E-state index in [9.17, 15) is 8.42 Å². The van der Waals surface area contributed by atoms with Gasteiger partial charge in [-0.25, -0.2) is 13.4 Å². The predicted molar refractivity (Wildman–Crippen MR) is 102 cm³/mol. The van der Waals surface area contributed by atoms with Gasteiger partial charge >= 0.3 is 0 Å². The summed E-state index contributed by atoms with van der Waals surface area (Å²) in [5.41, 5.74) is 2.81. The van der Waals surface area contributed by atoms with Crippen molar-refractivity contribution in [2.45, 2.75) is 38.5 Å². The van der Waals surface area contributed by atoms with Crippen LogP contribution < -0.4 is 9.62 Å². The highest BCUT2D eigenvalue weighted by Gasteiger charge is 2.19. The van der Waals surface area contributed by atoms with Gasteiger partial charge in [0.1, 0.15) is 5.82 Å². The number of benzene rings is 1. The van der Waals surface area contributed by atoms with Crippen LogP contribution in [0.2, 0.25) is 0 Å². The first-order valence-corrected chi connectivity index (χ1v) is 10.1. The van der Waals surface area contributed by atoms with Crippen molar-refractivity contribution in [1.29, 1.82) is 0 Å². The maximum Gasteiger partial charge on any atom is 0.263 e. The number of nitrogens with one attached hydrogen (secondary N) is 1. The molecule has 1 fully saturated rings. The fourth-order valence-electron chi connectivity index (χ4n) is 3.19. The highest BCUT2D eigenvalue weighted by atomic mass is 32.2. The maximum atomic E-state index is 12.6. The van der Waals surface area contributed by atoms with Crippen molar-refractivity contribution in [3.05, 3.63) is 47.7 Å². The molecule has 5 nitrogen and oxygen atoms in total. The van der Waals surface area contributed by atoms with Crippen LogP contribution in [0.15, 0.2) is 41.4 Å². The van der Waals surface area contributed by atoms with E-state index >= 15 is 0 Å². The van der Waals surface area contributed by atoms with Crippen LogP contribution >= 0.6 is 0 Å². The van der Waals surface area contributed by atoms with E-state index < -0.39 is 10.0 Å². The van der Waals surface area contributed by atoms with Crippen molar-refractivity contribution in [1.82, 2.24) is 4.98 Å². The second-order valence-corrected chi connectivity index (χ2v) is 8.60. The predicted octanol–water partition coefficient (Wildman–Crippen LogP) is 3.74. The molecule has 0 unspecified atom stereocenters. The average Bonchev–Trinajstić information content (AvgIpc) is 2.55. The van der Waals surface area contributed by atoms with Gasteiger partial charge in [-0.2, -0.15) is 0 Å². The first-order valence-electron chi connectivity index (χ1n) is 8.66. The van der Waals surface area contributed by atoms with Crippen molar-refractivity contribution in [2.75, 3.05) is 22.7 Å². The van der Waals surface area contributed by atoms with Gasteiger partial charge < -0.3 is 4.90 Å². The molecular weight excluding hydrogens is 334 g/mol. The van der Waals surface area contributed by atoms with E-state index in [2.05, 4.69) is 21.5 Å². The number of aromatic nitrogens is 1. The van der Waals surface area contributed by atoms with Crippen molar-refractivity contribution in [3.63, 3.8) is 0 Å². The van der Waals surface area contributed by atoms with E-state index in [1.165, 1.54) is 12.8 Å². The van der Waals surface area contributed by atoms with Crippen LogP contribution in [0.5, 0.6) is 0 Å². The molecule has 25 heavy (non-hydrogen) atoms. The molecule has 1 saturated heterocycles. The van der Waals surface area contributed by atoms with Crippen LogP contribution in [0.3, 0.4) is 0 Å². The van der Waals surface area contributed by atoms with Crippen molar-refractivity contribution >= 4 is 21.5 Å². The van der Waals surface area contributed by atoms with Gasteiger partial charge in [-0.3, -0.25) is 4.72 Å². The maximum absolute atomic E-state index is 12.6. The molecule has 3 rings (SSSR count). The minimum atomic E-state index is -3.63. The lowest BCUT2D eigenvalue weighted by molar-refractivity contribution is 0.438. The van der Waals surface area contributed by atoms with Crippen LogP contribution in [-0.4, -0.2) is 26.5 Å². The Morgan fingerprint density at radius 2 is 1.84 bits per heavy atom. The molecule has 2 aromatic rings. The zero-order valence-electron chi connectivity index (χ0n) is 15.0. The average molecular weight is 359 g/mol. The summed E-state index contributed by atoms with van der Waals surface area (Å²) in [6.07, 6.45) is 4.11. The van der Waals surface area contributed by atoms with Gasteiger partial charge in [0.2, 0.25) is 0 Å². The highest BCUT2D eigenvalue weighted by Crippen LogP contribution is 2.24. The summed E-state index contributed by atoms with van der Waals surface area (Å²) in [5, 5.41) is 0. The SMILES string of the molecule is Cc1ccc(S(=O)(=O)Nc2ccc(N3CCC(C)CC3)cn2)c(C)c1. The smallest absolute Gasteiger partial charge is 0.263 e. The number of nitrogens with zero attached hydrogens (tertiary/aromatic N) is 2. The van der Waals surface area contributed by atoms with Gasteiger partial charge in [0, 0.05) is 13.1 Å². The van der Waals surface area contributed by atoms with Crippen molar-refractivity contribution in [3.8, 4) is 0 Å². The molecule has 0 aliphatic carbocycles. The van der Waals surface area contributed by atoms with Gasteiger partial charge in [-0.15, -0.1) is 0 Å². The molecular formula is C19H25N3O2S. The van der Waals surface area contributed by atoms with E-state index in [1.54, 1.807) is 31.3 Å². The van der Waals surface area contributed by atoms with Crippen LogP contribution in [-0.2, 0) is 10.0 Å². The molecule has 6 heteroatoms. The van der Waals surface area contributed by atoms with Crippen molar-refractivity contribution in [2.24, 2.45) is 5.92 Å². The molecule has 1 aliphatic heterocycles. The van der Waals surface area contributed by atoms with E-state index in [1.807, 2.05) is 19.1 Å². The fraction of sp³-hybridized carbons (Fsp3) is 0.421. The number of hydrogen-bond acceptors (Lipinski definition) is 4. The second kappa shape index (κ2) is 7.04. The van der Waals surface area contributed by atoms with Gasteiger partial charge in [0.25, 0.3) is 10.0 Å². The Bertz CT molecular complexity index is 839. The topological polar surface area (TPSA) is 62.3 Å². The molecule has 0 saturated carbocycles. The minimum absolute atomic E-state index is 0.286. The quantitative estimate of drug-likeness (QED) is 0.903. The third-order valence-electron chi connectivity index (χ3n) is 4.76. The minimum Gasteiger partial charge on any atom is -0.370 e. The summed E-state index contributed by atoms with van der Waals surface area (Å²) in [7, 11) is -3.63. The standard InChI is InChI=1S/C19H25N3O2S/c1-14-8-10-22(11-9-14)17-5-7-19(20-13-17)21-25(23,24)18-6-4-15(2)12-16(18)3/h4-7,12-14H,8-11H2,1-3H3,(H,20,21). The molecule has 1 N–H and O–H groups in total. The molecule has 2 heterocycles. The van der Waals surface area contributed by atoms with Crippen LogP contribution in [0, 0.1) is 19.8 Å². The number of anilines is 2. The Labute approximate surface area is 150 Å². The summed E-state index contributed by atoms with van der Waals surface area (Å²) in [5.74, 6) is 1.11. The lowest BCUT2D eigenvalue weighted by Crippen LogP contribution is -2.32. The molecule has 0 amide bonds. The highest BCUT2D eigenvalue weighted by molar-refractivity contribution is 7.92. The number of aryl methyl sites for hydroxylation is 2. The largest absolute Gasteiger partial charge is 0.370 e. The third kappa shape index (κ3) is 4.12. The van der Waals surface area contributed by atoms with Crippen LogP contribution in [0.1, 0.15) is 30.9 Å². The summed E-state index contributed by atoms with van der Waals surface area (Å²) in [4.78, 5) is 6.89. The normalized spacial score (nSPS) is 16.0. The summed E-state index contributed by atoms with van der Waals surface area (Å²) in [6, 6.07) is 8.96. The third-order valence-corrected chi connectivity index (χ3v) is 6.27. The second-order valence-electron chi connectivity index (χ2n) is 6.95. The zero-order valence-corrected chi connectivity index (χ0v) is 15.8. The Kier molecular flexibility index (Phi) is 4.99. The number of sulfonamides is 1. The Balaban J connectivity index is 1.74. The van der Waals surface area contributed by atoms with Gasteiger partial charge in [0.05, 0.1) is 16.8 Å². The molecule has 0 radical (unpaired) electrons. The van der Waals surface area contributed by atoms with Gasteiger partial charge in [0.15, 0.2) is 0 Å². The van der Waals surface area contributed by atoms with Gasteiger partial charge in [-0.1, -0.05) is 24.6 Å². The van der Waals surface area contributed by atoms with E-state index in [4.69, 9.17) is 0 Å². The lowest BCUT2D eigenvalue weighted by Gasteiger charge is -2.31. The number of rotatable bonds is 4. The zero-order chi connectivity index (χ0) is 18.0. The molecule has 0 spiro atoms. The molecule has 0 bridgehead atoms. The van der Waals surface area contributed by atoms with E-state index in [0.717, 1.165) is 35.8 Å². The molecule has 1 aromatic carbocycles. The number of hydrogen-bond donors (Lipinski definition) is 1. The monoisotopic (exact) mass is 359 g/mol. The summed E-state index contributed by atoms with van der Waals surface area (Å²) in [6.45, 7) is 8.07. The Morgan fingerprint density at radius 1 is 1.12 bits per heavy atom. The van der Waals surface area contributed by atoms with E-state index in [-0.39, 0.29) is 4.90 Å². The number of piperidine rings is 1. The summed E-state index contributed by atoms with van der Waals surface area (Å²) >= 11 is 0. The Morgan fingerprint density at radius 3 is 2.44 bits per heavy atom. The summed E-state index contributed by atoms with van der Waals surface area (Å²) < 4.78 is 27.8. The molecule has 0 atom stereocenters. The fourth-order valence-corrected chi connectivity index (χ4v) is 4.43. The Hall–Kier alpha value is -2.08. The number of pyridine rings is 1. The van der Waals surface area contributed by atoms with Crippen LogP contribution in [0.25, 0.3) is 0 Å². The molecule has 1 aliphatic rings. The first-order chi connectivity index (χ1) is 11.8. The molecule has 134 valence electrons. The van der Waals surface area contributed by atoms with E-state index in [0.29, 0.717) is 5.82 Å². The first kappa shape index (κ1) is 17.7. The molecule has 1 aromatic heterocycles. The lowest BCUT2D eigenvalue weighted by atomic mass is 9.99. The van der Waals surface area contributed by atoms with Gasteiger partial charge in [-0.05, 0) is 56.4 Å². The van der Waals surface area contributed by atoms with Crippen molar-refractivity contribution < 1.29 is 8.42 Å².